The van der Waals surface area contributed by atoms with Gasteiger partial charge in [0.25, 0.3) is 5.91 Å². The molecule has 0 atom stereocenters. The minimum absolute atomic E-state index is 0.00144. The van der Waals surface area contributed by atoms with Crippen molar-refractivity contribution in [2.24, 2.45) is 0 Å². The second-order valence-corrected chi connectivity index (χ2v) is 5.93. The summed E-state index contributed by atoms with van der Waals surface area (Å²) in [5, 5.41) is 3.37. The van der Waals surface area contributed by atoms with E-state index in [1.807, 2.05) is 4.90 Å². The predicted octanol–water partition coefficient (Wildman–Crippen LogP) is 1.17. The van der Waals surface area contributed by atoms with Gasteiger partial charge < -0.3 is 15.0 Å². The molecule has 1 aliphatic rings. The third kappa shape index (κ3) is 5.86. The van der Waals surface area contributed by atoms with E-state index in [0.717, 1.165) is 0 Å². The molecule has 6 nitrogen and oxygen atoms in total. The average Bonchev–Trinajstić information content (AvgIpc) is 2.60. The van der Waals surface area contributed by atoms with Gasteiger partial charge in [-0.05, 0) is 24.3 Å². The molecule has 1 fully saturated rings. The van der Waals surface area contributed by atoms with Gasteiger partial charge in [-0.25, -0.2) is 0 Å². The van der Waals surface area contributed by atoms with Gasteiger partial charge in [0.2, 0.25) is 5.91 Å². The van der Waals surface area contributed by atoms with Crippen LogP contribution in [0.5, 0.6) is 5.75 Å². The number of amides is 2. The molecular formula is C17H22ClN3O3. The number of nitrogens with one attached hydrogen (secondary N) is 1. The van der Waals surface area contributed by atoms with E-state index in [9.17, 15) is 9.59 Å². The second-order valence-electron chi connectivity index (χ2n) is 5.49. The summed E-state index contributed by atoms with van der Waals surface area (Å²) in [6.45, 7) is 6.92. The van der Waals surface area contributed by atoms with Crippen LogP contribution in [0.15, 0.2) is 36.9 Å². The maximum Gasteiger partial charge on any atom is 0.260 e. The quantitative estimate of drug-likeness (QED) is 0.749. The molecule has 2 rings (SSSR count). The molecule has 1 heterocycles. The highest BCUT2D eigenvalue weighted by Crippen LogP contribution is 2.15. The van der Waals surface area contributed by atoms with Crippen molar-refractivity contribution < 1.29 is 14.3 Å². The molecule has 1 aliphatic heterocycles. The Labute approximate surface area is 147 Å². The fourth-order valence-corrected chi connectivity index (χ4v) is 2.49. The number of ether oxygens (including phenoxy) is 1. The van der Waals surface area contributed by atoms with E-state index < -0.39 is 0 Å². The Morgan fingerprint density at radius 2 is 1.88 bits per heavy atom. The van der Waals surface area contributed by atoms with Gasteiger partial charge in [-0.15, -0.1) is 6.58 Å². The lowest BCUT2D eigenvalue weighted by atomic mass is 10.3. The molecule has 0 radical (unpaired) electrons. The first-order chi connectivity index (χ1) is 11.6. The van der Waals surface area contributed by atoms with Crippen LogP contribution in [-0.4, -0.2) is 67.5 Å². The lowest BCUT2D eigenvalue weighted by molar-refractivity contribution is -0.135. The lowest BCUT2D eigenvalue weighted by Gasteiger charge is -2.34. The van der Waals surface area contributed by atoms with E-state index >= 15 is 0 Å². The number of carbonyl (C=O) groups is 2. The molecular weight excluding hydrogens is 330 g/mol. The highest BCUT2D eigenvalue weighted by Gasteiger charge is 2.22. The van der Waals surface area contributed by atoms with E-state index in [2.05, 4.69) is 11.9 Å². The van der Waals surface area contributed by atoms with Crippen LogP contribution in [0, 0.1) is 0 Å². The molecule has 7 heteroatoms. The zero-order valence-electron chi connectivity index (χ0n) is 13.5. The maximum absolute atomic E-state index is 12.2. The van der Waals surface area contributed by atoms with Crippen LogP contribution < -0.4 is 10.1 Å². The third-order valence-electron chi connectivity index (χ3n) is 3.71. The van der Waals surface area contributed by atoms with Gasteiger partial charge in [0.1, 0.15) is 5.75 Å². The molecule has 0 aliphatic carbocycles. The first-order valence-electron chi connectivity index (χ1n) is 7.84. The summed E-state index contributed by atoms with van der Waals surface area (Å²) in [4.78, 5) is 27.6. The van der Waals surface area contributed by atoms with Crippen molar-refractivity contribution in [1.29, 1.82) is 0 Å². The van der Waals surface area contributed by atoms with E-state index in [-0.39, 0.29) is 18.4 Å². The third-order valence-corrected chi connectivity index (χ3v) is 3.96. The summed E-state index contributed by atoms with van der Waals surface area (Å²) in [5.74, 6) is 0.534. The fourth-order valence-electron chi connectivity index (χ4n) is 2.37. The molecule has 130 valence electrons. The van der Waals surface area contributed by atoms with E-state index in [1.165, 1.54) is 0 Å². The molecule has 1 aromatic carbocycles. The highest BCUT2D eigenvalue weighted by atomic mass is 35.5. The average molecular weight is 352 g/mol. The van der Waals surface area contributed by atoms with Gasteiger partial charge in [-0.3, -0.25) is 14.5 Å². The largest absolute Gasteiger partial charge is 0.484 e. The molecule has 1 aromatic rings. The Hall–Kier alpha value is -2.05. The summed E-state index contributed by atoms with van der Waals surface area (Å²) < 4.78 is 5.47. The Kier molecular flexibility index (Phi) is 7.08. The second kappa shape index (κ2) is 9.30. The molecule has 0 bridgehead atoms. The van der Waals surface area contributed by atoms with E-state index in [1.54, 1.807) is 35.2 Å². The van der Waals surface area contributed by atoms with Crippen LogP contribution in [0.25, 0.3) is 0 Å². The summed E-state index contributed by atoms with van der Waals surface area (Å²) in [5.41, 5.74) is 0. The van der Waals surface area contributed by atoms with Crippen LogP contribution in [0.1, 0.15) is 0 Å². The van der Waals surface area contributed by atoms with Crippen LogP contribution in [0.4, 0.5) is 0 Å². The smallest absolute Gasteiger partial charge is 0.260 e. The topological polar surface area (TPSA) is 61.9 Å². The number of hydrogen-bond acceptors (Lipinski definition) is 4. The number of halogens is 1. The number of hydrogen-bond donors (Lipinski definition) is 1. The molecule has 1 saturated heterocycles. The number of nitrogens with zero attached hydrogens (tertiary/aromatic N) is 2. The standard InChI is InChI=1S/C17H22ClN3O3/c1-2-7-19-16(22)12-20-8-10-21(11-9-20)17(23)13-24-15-5-3-14(18)4-6-15/h2-6H,1,7-13H2,(H,19,22). The summed E-state index contributed by atoms with van der Waals surface area (Å²) in [7, 11) is 0. The van der Waals surface area contributed by atoms with E-state index in [0.29, 0.717) is 50.0 Å². The lowest BCUT2D eigenvalue weighted by Crippen LogP contribution is -2.52. The Bertz CT molecular complexity index is 569. The molecule has 0 spiro atoms. The zero-order valence-corrected chi connectivity index (χ0v) is 14.3. The van der Waals surface area contributed by atoms with Crippen molar-refractivity contribution >= 4 is 23.4 Å². The molecule has 2 amide bonds. The molecule has 1 N–H and O–H groups in total. The van der Waals surface area contributed by atoms with Gasteiger partial charge in [0, 0.05) is 37.7 Å². The van der Waals surface area contributed by atoms with Crippen LogP contribution >= 0.6 is 11.6 Å². The fraction of sp³-hybridized carbons (Fsp3) is 0.412. The van der Waals surface area contributed by atoms with Gasteiger partial charge >= 0.3 is 0 Å². The van der Waals surface area contributed by atoms with Crippen molar-refractivity contribution in [3.8, 4) is 5.75 Å². The van der Waals surface area contributed by atoms with Crippen molar-refractivity contribution in [2.75, 3.05) is 45.9 Å². The number of carbonyl (C=O) groups excluding carboxylic acids is 2. The SMILES string of the molecule is C=CCNC(=O)CN1CCN(C(=O)COc2ccc(Cl)cc2)CC1. The van der Waals surface area contributed by atoms with Crippen molar-refractivity contribution in [1.82, 2.24) is 15.1 Å². The van der Waals surface area contributed by atoms with Crippen LogP contribution in [0.2, 0.25) is 5.02 Å². The predicted molar refractivity (Wildman–Crippen MR) is 93.2 cm³/mol. The molecule has 0 unspecified atom stereocenters. The molecule has 24 heavy (non-hydrogen) atoms. The Balaban J connectivity index is 1.69. The first kappa shape index (κ1) is 18.3. The van der Waals surface area contributed by atoms with Crippen LogP contribution in [0.3, 0.4) is 0 Å². The first-order valence-corrected chi connectivity index (χ1v) is 8.22. The van der Waals surface area contributed by atoms with E-state index in [4.69, 9.17) is 16.3 Å². The summed E-state index contributed by atoms with van der Waals surface area (Å²) in [6.07, 6.45) is 1.65. The Morgan fingerprint density at radius 3 is 2.50 bits per heavy atom. The zero-order chi connectivity index (χ0) is 17.4. The number of benzene rings is 1. The van der Waals surface area contributed by atoms with Gasteiger partial charge in [-0.2, -0.15) is 0 Å². The van der Waals surface area contributed by atoms with Crippen LogP contribution in [-0.2, 0) is 9.59 Å². The number of rotatable bonds is 7. The van der Waals surface area contributed by atoms with Crippen molar-refractivity contribution in [3.05, 3.63) is 41.9 Å². The van der Waals surface area contributed by atoms with Gasteiger partial charge in [0.05, 0.1) is 6.54 Å². The minimum atomic E-state index is -0.0549. The summed E-state index contributed by atoms with van der Waals surface area (Å²) >= 11 is 5.81. The molecule has 0 aromatic heterocycles. The minimum Gasteiger partial charge on any atom is -0.484 e. The van der Waals surface area contributed by atoms with Crippen molar-refractivity contribution in [2.45, 2.75) is 0 Å². The van der Waals surface area contributed by atoms with Crippen molar-refractivity contribution in [3.63, 3.8) is 0 Å². The maximum atomic E-state index is 12.2. The Morgan fingerprint density at radius 1 is 1.21 bits per heavy atom. The normalized spacial score (nSPS) is 15.0. The summed E-state index contributed by atoms with van der Waals surface area (Å²) in [6, 6.07) is 6.90. The number of piperazine rings is 1. The molecule has 0 saturated carbocycles. The van der Waals surface area contributed by atoms with Gasteiger partial charge in [0.15, 0.2) is 6.61 Å². The highest BCUT2D eigenvalue weighted by molar-refractivity contribution is 6.30. The van der Waals surface area contributed by atoms with Gasteiger partial charge in [-0.1, -0.05) is 17.7 Å². The monoisotopic (exact) mass is 351 g/mol.